The molecule has 1 aromatic carbocycles. The van der Waals surface area contributed by atoms with Gasteiger partial charge >= 0.3 is 5.97 Å². The molecule has 0 atom stereocenters. The molecule has 0 amide bonds. The highest BCUT2D eigenvalue weighted by atomic mass is 35.5. The summed E-state index contributed by atoms with van der Waals surface area (Å²) in [6, 6.07) is 6.39. The number of benzene rings is 1. The Morgan fingerprint density at radius 3 is 2.74 bits per heavy atom. The van der Waals surface area contributed by atoms with Crippen LogP contribution < -0.4 is 5.73 Å². The molecule has 0 saturated carbocycles. The highest BCUT2D eigenvalue weighted by molar-refractivity contribution is 6.42. The molecule has 0 aliphatic carbocycles. The van der Waals surface area contributed by atoms with Crippen molar-refractivity contribution in [3.63, 3.8) is 0 Å². The largest absolute Gasteiger partial charge is 0.461 e. The van der Waals surface area contributed by atoms with Gasteiger partial charge in [-0.05, 0) is 25.1 Å². The molecule has 5 nitrogen and oxygen atoms in total. The summed E-state index contributed by atoms with van der Waals surface area (Å²) in [7, 11) is 0. The smallest absolute Gasteiger partial charge is 0.358 e. The number of rotatable bonds is 3. The number of hydrogen-bond acceptors (Lipinski definition) is 4. The molecule has 2 rings (SSSR count). The Labute approximate surface area is 119 Å². The molecule has 2 N–H and O–H groups in total. The number of carbonyl (C=O) groups excluding carboxylic acids is 1. The number of carbonyl (C=O) groups is 1. The number of anilines is 1. The second-order valence-electron chi connectivity index (χ2n) is 3.69. The van der Waals surface area contributed by atoms with Gasteiger partial charge in [0.1, 0.15) is 5.82 Å². The van der Waals surface area contributed by atoms with Crippen molar-refractivity contribution in [2.75, 3.05) is 12.3 Å². The van der Waals surface area contributed by atoms with Crippen molar-refractivity contribution in [3.8, 4) is 5.69 Å². The number of nitrogens with two attached hydrogens (primary N) is 1. The molecule has 0 saturated heterocycles. The highest BCUT2D eigenvalue weighted by Crippen LogP contribution is 2.25. The lowest BCUT2D eigenvalue weighted by Crippen LogP contribution is -2.07. The summed E-state index contributed by atoms with van der Waals surface area (Å²) in [5, 5.41) is 4.90. The van der Waals surface area contributed by atoms with E-state index < -0.39 is 5.97 Å². The first-order valence-electron chi connectivity index (χ1n) is 5.51. The molecule has 100 valence electrons. The molecular weight excluding hydrogens is 289 g/mol. The summed E-state index contributed by atoms with van der Waals surface area (Å²) in [6.45, 7) is 2.00. The van der Waals surface area contributed by atoms with Crippen LogP contribution in [0.4, 0.5) is 5.82 Å². The van der Waals surface area contributed by atoms with Gasteiger partial charge in [0.15, 0.2) is 5.69 Å². The summed E-state index contributed by atoms with van der Waals surface area (Å²) in [6.07, 6.45) is 0. The standard InChI is InChI=1S/C12H11Cl2N3O2/c1-2-19-12(18)10-6-11(15)17(16-10)7-3-4-8(13)9(14)5-7/h3-6H,2,15H2,1H3. The molecule has 7 heteroatoms. The fourth-order valence-electron chi connectivity index (χ4n) is 1.52. The number of nitrogens with zero attached hydrogens (tertiary/aromatic N) is 2. The number of nitrogen functional groups attached to an aromatic ring is 1. The van der Waals surface area contributed by atoms with E-state index in [0.29, 0.717) is 21.6 Å². The van der Waals surface area contributed by atoms with E-state index in [1.165, 1.54) is 10.7 Å². The third kappa shape index (κ3) is 2.83. The Morgan fingerprint density at radius 2 is 2.11 bits per heavy atom. The highest BCUT2D eigenvalue weighted by Gasteiger charge is 2.15. The normalized spacial score (nSPS) is 10.5. The number of halogens is 2. The molecule has 0 unspecified atom stereocenters. The van der Waals surface area contributed by atoms with Gasteiger partial charge in [-0.2, -0.15) is 5.10 Å². The van der Waals surface area contributed by atoms with E-state index in [0.717, 1.165) is 0 Å². The Hall–Kier alpha value is -1.72. The summed E-state index contributed by atoms with van der Waals surface area (Å²) in [5.41, 5.74) is 6.57. The first kappa shape index (κ1) is 13.7. The van der Waals surface area contributed by atoms with Crippen molar-refractivity contribution in [2.45, 2.75) is 6.92 Å². The quantitative estimate of drug-likeness (QED) is 0.885. The maximum absolute atomic E-state index is 11.6. The first-order valence-corrected chi connectivity index (χ1v) is 6.26. The molecule has 1 heterocycles. The minimum absolute atomic E-state index is 0.144. The van der Waals surface area contributed by atoms with Crippen molar-refractivity contribution < 1.29 is 9.53 Å². The molecule has 1 aromatic heterocycles. The second-order valence-corrected chi connectivity index (χ2v) is 4.50. The van der Waals surface area contributed by atoms with Gasteiger partial charge in [0, 0.05) is 6.07 Å². The summed E-state index contributed by atoms with van der Waals surface area (Å²) in [4.78, 5) is 11.6. The first-order chi connectivity index (χ1) is 9.02. The van der Waals surface area contributed by atoms with Gasteiger partial charge in [0.2, 0.25) is 0 Å². The molecular formula is C12H11Cl2N3O2. The van der Waals surface area contributed by atoms with Crippen LogP contribution in [0.3, 0.4) is 0 Å². The van der Waals surface area contributed by atoms with Crippen LogP contribution in [-0.4, -0.2) is 22.4 Å². The van der Waals surface area contributed by atoms with Crippen LogP contribution in [0.15, 0.2) is 24.3 Å². The lowest BCUT2D eigenvalue weighted by Gasteiger charge is -2.05. The van der Waals surface area contributed by atoms with Crippen molar-refractivity contribution in [1.29, 1.82) is 0 Å². The maximum atomic E-state index is 11.6. The Bertz CT molecular complexity index is 625. The fourth-order valence-corrected chi connectivity index (χ4v) is 1.82. The van der Waals surface area contributed by atoms with Gasteiger partial charge in [-0.3, -0.25) is 0 Å². The van der Waals surface area contributed by atoms with Crippen LogP contribution in [0, 0.1) is 0 Å². The third-order valence-electron chi connectivity index (χ3n) is 2.37. The van der Waals surface area contributed by atoms with Crippen molar-refractivity contribution >= 4 is 35.0 Å². The van der Waals surface area contributed by atoms with E-state index >= 15 is 0 Å². The zero-order valence-corrected chi connectivity index (χ0v) is 11.6. The summed E-state index contributed by atoms with van der Waals surface area (Å²) < 4.78 is 6.25. The van der Waals surface area contributed by atoms with Gasteiger partial charge in [-0.1, -0.05) is 23.2 Å². The number of aromatic nitrogens is 2. The topological polar surface area (TPSA) is 70.1 Å². The molecule has 2 aromatic rings. The SMILES string of the molecule is CCOC(=O)c1cc(N)n(-c2ccc(Cl)c(Cl)c2)n1. The monoisotopic (exact) mass is 299 g/mol. The summed E-state index contributed by atoms with van der Waals surface area (Å²) in [5.74, 6) is -0.213. The van der Waals surface area contributed by atoms with E-state index in [1.54, 1.807) is 25.1 Å². The van der Waals surface area contributed by atoms with Crippen LogP contribution in [0.2, 0.25) is 10.0 Å². The van der Waals surface area contributed by atoms with E-state index in [9.17, 15) is 4.79 Å². The zero-order chi connectivity index (χ0) is 14.0. The Kier molecular flexibility index (Phi) is 3.97. The van der Waals surface area contributed by atoms with E-state index in [1.807, 2.05) is 0 Å². The average molecular weight is 300 g/mol. The van der Waals surface area contributed by atoms with Gasteiger partial charge in [0.05, 0.1) is 22.3 Å². The van der Waals surface area contributed by atoms with Gasteiger partial charge in [-0.25, -0.2) is 9.48 Å². The van der Waals surface area contributed by atoms with Crippen LogP contribution in [-0.2, 0) is 4.74 Å². The lowest BCUT2D eigenvalue weighted by atomic mass is 10.3. The molecule has 0 aliphatic rings. The molecule has 0 fully saturated rings. The maximum Gasteiger partial charge on any atom is 0.358 e. The molecule has 19 heavy (non-hydrogen) atoms. The Morgan fingerprint density at radius 1 is 1.37 bits per heavy atom. The molecule has 0 aliphatic heterocycles. The van der Waals surface area contributed by atoms with Crippen molar-refractivity contribution in [2.24, 2.45) is 0 Å². The Balaban J connectivity index is 2.40. The van der Waals surface area contributed by atoms with Crippen LogP contribution in [0.25, 0.3) is 5.69 Å². The van der Waals surface area contributed by atoms with Gasteiger partial charge in [0.25, 0.3) is 0 Å². The van der Waals surface area contributed by atoms with Crippen LogP contribution in [0.1, 0.15) is 17.4 Å². The van der Waals surface area contributed by atoms with Gasteiger partial charge < -0.3 is 10.5 Å². The minimum atomic E-state index is -0.520. The van der Waals surface area contributed by atoms with Crippen molar-refractivity contribution in [3.05, 3.63) is 40.0 Å². The van der Waals surface area contributed by atoms with Gasteiger partial charge in [-0.15, -0.1) is 0 Å². The zero-order valence-electron chi connectivity index (χ0n) is 10.1. The van der Waals surface area contributed by atoms with Crippen LogP contribution >= 0.6 is 23.2 Å². The van der Waals surface area contributed by atoms with E-state index in [4.69, 9.17) is 33.7 Å². The minimum Gasteiger partial charge on any atom is -0.461 e. The predicted octanol–water partition coefficient (Wildman–Crippen LogP) is 2.94. The van der Waals surface area contributed by atoms with Crippen LogP contribution in [0.5, 0.6) is 0 Å². The molecule has 0 bridgehead atoms. The predicted molar refractivity (Wildman–Crippen MR) is 74.0 cm³/mol. The average Bonchev–Trinajstić information content (AvgIpc) is 2.75. The fraction of sp³-hybridized carbons (Fsp3) is 0.167. The molecule has 0 spiro atoms. The third-order valence-corrected chi connectivity index (χ3v) is 3.11. The summed E-state index contributed by atoms with van der Waals surface area (Å²) >= 11 is 11.8. The van der Waals surface area contributed by atoms with E-state index in [-0.39, 0.29) is 12.3 Å². The van der Waals surface area contributed by atoms with Crippen molar-refractivity contribution in [1.82, 2.24) is 9.78 Å². The number of ether oxygens (including phenoxy) is 1. The number of esters is 1. The second kappa shape index (κ2) is 5.50. The van der Waals surface area contributed by atoms with E-state index in [2.05, 4.69) is 5.10 Å². The molecule has 0 radical (unpaired) electrons. The number of hydrogen-bond donors (Lipinski definition) is 1. The lowest BCUT2D eigenvalue weighted by molar-refractivity contribution is 0.0519.